The number of hydrogen-bond acceptors (Lipinski definition) is 2. The van der Waals surface area contributed by atoms with Gasteiger partial charge in [-0.25, -0.2) is 0 Å². The van der Waals surface area contributed by atoms with E-state index < -0.39 is 0 Å². The minimum atomic E-state index is -0.323. The monoisotopic (exact) mass is 182 g/mol. The third-order valence-corrected chi connectivity index (χ3v) is 2.38. The number of nitrogens with zero attached hydrogens (tertiary/aromatic N) is 2. The number of amides is 1. The van der Waals surface area contributed by atoms with E-state index in [1.165, 1.54) is 4.90 Å². The van der Waals surface area contributed by atoms with Gasteiger partial charge >= 0.3 is 0 Å². The van der Waals surface area contributed by atoms with Crippen LogP contribution >= 0.6 is 0 Å². The molecule has 0 N–H and O–H groups in total. The summed E-state index contributed by atoms with van der Waals surface area (Å²) in [5.74, 6) is 0.462. The zero-order valence-corrected chi connectivity index (χ0v) is 8.87. The Hall–Kier alpha value is -1.04. The first-order valence-electron chi connectivity index (χ1n) is 4.68. The molecule has 3 heteroatoms. The van der Waals surface area contributed by atoms with Crippen LogP contribution in [-0.2, 0) is 4.79 Å². The van der Waals surface area contributed by atoms with Gasteiger partial charge in [-0.15, -0.1) is 0 Å². The van der Waals surface area contributed by atoms with Gasteiger partial charge in [0.05, 0.1) is 6.07 Å². The molecule has 0 radical (unpaired) electrons. The molecule has 0 fully saturated rings. The lowest BCUT2D eigenvalue weighted by Crippen LogP contribution is -2.34. The maximum Gasteiger partial charge on any atom is 0.223 e. The summed E-state index contributed by atoms with van der Waals surface area (Å²) in [5.41, 5.74) is 0. The number of nitriles is 1. The van der Waals surface area contributed by atoms with Gasteiger partial charge < -0.3 is 4.90 Å². The van der Waals surface area contributed by atoms with Crippen molar-refractivity contribution in [1.29, 1.82) is 5.26 Å². The molecule has 0 aromatic carbocycles. The molecular formula is C10H18N2O. The largest absolute Gasteiger partial charge is 0.330 e. The fourth-order valence-electron chi connectivity index (χ4n) is 0.889. The fraction of sp³-hybridized carbons (Fsp3) is 0.800. The van der Waals surface area contributed by atoms with Crippen molar-refractivity contribution in [2.75, 3.05) is 7.05 Å². The van der Waals surface area contributed by atoms with Crippen LogP contribution in [0.1, 0.15) is 33.6 Å². The summed E-state index contributed by atoms with van der Waals surface area (Å²) in [6.07, 6.45) is 1.54. The maximum atomic E-state index is 11.5. The Bertz CT molecular complexity index is 207. The minimum absolute atomic E-state index is 0.0587. The Morgan fingerprint density at radius 2 is 2.08 bits per heavy atom. The summed E-state index contributed by atoms with van der Waals surface area (Å²) in [6, 6.07) is 1.72. The highest BCUT2D eigenvalue weighted by Crippen LogP contribution is 2.09. The van der Waals surface area contributed by atoms with Gasteiger partial charge in [0.25, 0.3) is 0 Å². The Morgan fingerprint density at radius 1 is 1.54 bits per heavy atom. The van der Waals surface area contributed by atoms with Crippen LogP contribution in [0.5, 0.6) is 0 Å². The van der Waals surface area contributed by atoms with E-state index in [1.54, 1.807) is 14.0 Å². The predicted octanol–water partition coefficient (Wildman–Crippen LogP) is 1.79. The van der Waals surface area contributed by atoms with Crippen LogP contribution in [0.3, 0.4) is 0 Å². The Labute approximate surface area is 80.3 Å². The van der Waals surface area contributed by atoms with Crippen molar-refractivity contribution in [3.63, 3.8) is 0 Å². The Balaban J connectivity index is 4.05. The molecule has 0 saturated heterocycles. The molecule has 0 aliphatic rings. The zero-order valence-electron chi connectivity index (χ0n) is 8.87. The van der Waals surface area contributed by atoms with Crippen LogP contribution in [0.2, 0.25) is 0 Å². The van der Waals surface area contributed by atoms with Gasteiger partial charge in [-0.3, -0.25) is 4.79 Å². The minimum Gasteiger partial charge on any atom is -0.330 e. The predicted molar refractivity (Wildman–Crippen MR) is 51.9 cm³/mol. The van der Waals surface area contributed by atoms with Crippen LogP contribution < -0.4 is 0 Å². The van der Waals surface area contributed by atoms with Crippen LogP contribution in [0.25, 0.3) is 0 Å². The molecule has 0 spiro atoms. The normalized spacial score (nSPS) is 14.4. The first-order chi connectivity index (χ1) is 6.02. The Kier molecular flexibility index (Phi) is 5.13. The molecule has 0 rings (SSSR count). The summed E-state index contributed by atoms with van der Waals surface area (Å²) in [6.45, 7) is 5.84. The van der Waals surface area contributed by atoms with Gasteiger partial charge in [0, 0.05) is 13.5 Å². The SMILES string of the molecule is CCC(C)CC(=O)N(C)C(C)C#N. The van der Waals surface area contributed by atoms with Crippen molar-refractivity contribution in [1.82, 2.24) is 4.90 Å². The highest BCUT2D eigenvalue weighted by molar-refractivity contribution is 5.76. The molecule has 0 saturated carbocycles. The van der Waals surface area contributed by atoms with E-state index in [-0.39, 0.29) is 11.9 Å². The van der Waals surface area contributed by atoms with Crippen LogP contribution in [0.15, 0.2) is 0 Å². The topological polar surface area (TPSA) is 44.1 Å². The zero-order chi connectivity index (χ0) is 10.4. The molecule has 74 valence electrons. The van der Waals surface area contributed by atoms with E-state index in [9.17, 15) is 4.79 Å². The highest BCUT2D eigenvalue weighted by Gasteiger charge is 2.16. The summed E-state index contributed by atoms with van der Waals surface area (Å²) in [7, 11) is 1.68. The van der Waals surface area contributed by atoms with Crippen molar-refractivity contribution < 1.29 is 4.79 Å². The first kappa shape index (κ1) is 12.0. The van der Waals surface area contributed by atoms with Gasteiger partial charge in [-0.05, 0) is 12.8 Å². The second-order valence-electron chi connectivity index (χ2n) is 3.53. The van der Waals surface area contributed by atoms with Crippen molar-refractivity contribution >= 4 is 5.91 Å². The maximum absolute atomic E-state index is 11.5. The van der Waals surface area contributed by atoms with Crippen molar-refractivity contribution in [2.45, 2.75) is 39.7 Å². The second kappa shape index (κ2) is 5.58. The molecule has 0 bridgehead atoms. The van der Waals surface area contributed by atoms with Crippen molar-refractivity contribution in [3.05, 3.63) is 0 Å². The molecule has 0 aliphatic heterocycles. The molecule has 0 aromatic heterocycles. The summed E-state index contributed by atoms with van der Waals surface area (Å²) >= 11 is 0. The van der Waals surface area contributed by atoms with Crippen LogP contribution in [0, 0.1) is 17.2 Å². The average molecular weight is 182 g/mol. The smallest absolute Gasteiger partial charge is 0.223 e. The van der Waals surface area contributed by atoms with Crippen LogP contribution in [-0.4, -0.2) is 23.9 Å². The number of carbonyl (C=O) groups excluding carboxylic acids is 1. The summed E-state index contributed by atoms with van der Waals surface area (Å²) in [4.78, 5) is 13.0. The average Bonchev–Trinajstić information content (AvgIpc) is 2.14. The Morgan fingerprint density at radius 3 is 2.46 bits per heavy atom. The number of carbonyl (C=O) groups is 1. The third-order valence-electron chi connectivity index (χ3n) is 2.38. The van der Waals surface area contributed by atoms with E-state index in [0.29, 0.717) is 12.3 Å². The molecule has 0 heterocycles. The molecule has 2 atom stereocenters. The van der Waals surface area contributed by atoms with E-state index in [0.717, 1.165) is 6.42 Å². The van der Waals surface area contributed by atoms with Gasteiger partial charge in [0.1, 0.15) is 6.04 Å². The lowest BCUT2D eigenvalue weighted by molar-refractivity contribution is -0.131. The van der Waals surface area contributed by atoms with E-state index in [1.807, 2.05) is 13.0 Å². The number of rotatable bonds is 4. The molecule has 3 nitrogen and oxygen atoms in total. The van der Waals surface area contributed by atoms with E-state index in [2.05, 4.69) is 6.92 Å². The molecular weight excluding hydrogens is 164 g/mol. The van der Waals surface area contributed by atoms with Gasteiger partial charge in [-0.2, -0.15) is 5.26 Å². The van der Waals surface area contributed by atoms with E-state index in [4.69, 9.17) is 5.26 Å². The molecule has 13 heavy (non-hydrogen) atoms. The highest BCUT2D eigenvalue weighted by atomic mass is 16.2. The van der Waals surface area contributed by atoms with Gasteiger partial charge in [0.2, 0.25) is 5.91 Å². The summed E-state index contributed by atoms with van der Waals surface area (Å²) in [5, 5.41) is 8.60. The molecule has 2 unspecified atom stereocenters. The molecule has 0 aliphatic carbocycles. The molecule has 1 amide bonds. The first-order valence-corrected chi connectivity index (χ1v) is 4.68. The number of hydrogen-bond donors (Lipinski definition) is 0. The standard InChI is InChI=1S/C10H18N2O/c1-5-8(2)6-10(13)12(4)9(3)7-11/h8-9H,5-6H2,1-4H3. The van der Waals surface area contributed by atoms with Gasteiger partial charge in [0.15, 0.2) is 0 Å². The second-order valence-corrected chi connectivity index (χ2v) is 3.53. The lowest BCUT2D eigenvalue weighted by atomic mass is 10.0. The summed E-state index contributed by atoms with van der Waals surface area (Å²) < 4.78 is 0. The van der Waals surface area contributed by atoms with Crippen LogP contribution in [0.4, 0.5) is 0 Å². The van der Waals surface area contributed by atoms with Gasteiger partial charge in [-0.1, -0.05) is 20.3 Å². The quantitative estimate of drug-likeness (QED) is 0.665. The van der Waals surface area contributed by atoms with Crippen molar-refractivity contribution in [3.8, 4) is 6.07 Å². The van der Waals surface area contributed by atoms with E-state index >= 15 is 0 Å². The lowest BCUT2D eigenvalue weighted by Gasteiger charge is -2.20. The molecule has 0 aromatic rings. The third kappa shape index (κ3) is 3.93. The fourth-order valence-corrected chi connectivity index (χ4v) is 0.889. The van der Waals surface area contributed by atoms with Crippen molar-refractivity contribution in [2.24, 2.45) is 5.92 Å².